The van der Waals surface area contributed by atoms with Crippen molar-refractivity contribution in [2.45, 2.75) is 43.6 Å². The third-order valence-corrected chi connectivity index (χ3v) is 6.60. The molecular formula is C25H28N2O5. The molecule has 2 aromatic carbocycles. The number of hydrogen-bond donors (Lipinski definition) is 2. The number of carbonyl (C=O) groups is 3. The van der Waals surface area contributed by atoms with Gasteiger partial charge in [0.05, 0.1) is 18.4 Å². The maximum Gasteiger partial charge on any atom is 0.407 e. The van der Waals surface area contributed by atoms with E-state index in [1.807, 2.05) is 24.3 Å². The minimum absolute atomic E-state index is 0.0192. The number of ether oxygens (including phenoxy) is 1. The van der Waals surface area contributed by atoms with E-state index in [1.54, 1.807) is 7.05 Å². The molecule has 7 heteroatoms. The number of aliphatic carboxylic acids is 1. The van der Waals surface area contributed by atoms with Crippen LogP contribution in [-0.2, 0) is 14.3 Å². The van der Waals surface area contributed by atoms with Crippen LogP contribution < -0.4 is 5.32 Å². The number of amides is 2. The molecule has 7 nitrogen and oxygen atoms in total. The Morgan fingerprint density at radius 3 is 2.19 bits per heavy atom. The van der Waals surface area contributed by atoms with Crippen molar-refractivity contribution >= 4 is 18.0 Å². The Hall–Kier alpha value is -3.35. The molecule has 0 aliphatic heterocycles. The van der Waals surface area contributed by atoms with Gasteiger partial charge in [0.1, 0.15) is 6.61 Å². The number of fused-ring (bicyclic) bond motifs is 3. The lowest BCUT2D eigenvalue weighted by molar-refractivity contribution is -0.138. The molecule has 2 aliphatic carbocycles. The highest BCUT2D eigenvalue weighted by atomic mass is 16.5. The minimum Gasteiger partial charge on any atom is -0.481 e. The van der Waals surface area contributed by atoms with Crippen LogP contribution in [0.15, 0.2) is 48.5 Å². The van der Waals surface area contributed by atoms with Gasteiger partial charge in [0.25, 0.3) is 0 Å². The fraction of sp³-hybridized carbons (Fsp3) is 0.400. The number of carboxylic acid groups (broad SMARTS) is 1. The Balaban J connectivity index is 1.36. The van der Waals surface area contributed by atoms with Gasteiger partial charge in [-0.1, -0.05) is 48.5 Å². The molecule has 0 spiro atoms. The fourth-order valence-electron chi connectivity index (χ4n) is 4.61. The van der Waals surface area contributed by atoms with Gasteiger partial charge in [-0.25, -0.2) is 4.79 Å². The number of carbonyl (C=O) groups excluding carboxylic acids is 2. The summed E-state index contributed by atoms with van der Waals surface area (Å²) in [7, 11) is 1.59. The van der Waals surface area contributed by atoms with E-state index in [0.717, 1.165) is 17.5 Å². The summed E-state index contributed by atoms with van der Waals surface area (Å²) in [6.45, 7) is 0.373. The number of carboxylic acids is 1. The van der Waals surface area contributed by atoms with Gasteiger partial charge in [-0.2, -0.15) is 0 Å². The Morgan fingerprint density at radius 2 is 1.66 bits per heavy atom. The molecule has 0 heterocycles. The average molecular weight is 437 g/mol. The number of nitrogens with one attached hydrogen (secondary N) is 1. The zero-order valence-electron chi connectivity index (χ0n) is 18.2. The molecule has 0 unspecified atom stereocenters. The third-order valence-electron chi connectivity index (χ3n) is 6.60. The van der Waals surface area contributed by atoms with Gasteiger partial charge in [-0.05, 0) is 41.5 Å². The van der Waals surface area contributed by atoms with Crippen LogP contribution >= 0.6 is 0 Å². The summed E-state index contributed by atoms with van der Waals surface area (Å²) >= 11 is 0. The number of benzene rings is 2. The van der Waals surface area contributed by atoms with Crippen molar-refractivity contribution in [3.63, 3.8) is 0 Å². The molecule has 32 heavy (non-hydrogen) atoms. The highest BCUT2D eigenvalue weighted by molar-refractivity contribution is 5.80. The zero-order chi connectivity index (χ0) is 22.7. The highest BCUT2D eigenvalue weighted by Crippen LogP contribution is 2.44. The maximum atomic E-state index is 12.7. The third kappa shape index (κ3) is 4.47. The van der Waals surface area contributed by atoms with Gasteiger partial charge >= 0.3 is 12.1 Å². The predicted molar refractivity (Wildman–Crippen MR) is 119 cm³/mol. The van der Waals surface area contributed by atoms with E-state index >= 15 is 0 Å². The van der Waals surface area contributed by atoms with Crippen LogP contribution in [0.25, 0.3) is 11.1 Å². The molecule has 0 saturated heterocycles. The van der Waals surface area contributed by atoms with Crippen LogP contribution in [0.2, 0.25) is 0 Å². The van der Waals surface area contributed by atoms with E-state index < -0.39 is 17.6 Å². The van der Waals surface area contributed by atoms with E-state index in [0.29, 0.717) is 12.8 Å². The van der Waals surface area contributed by atoms with Crippen molar-refractivity contribution in [3.05, 3.63) is 59.7 Å². The molecule has 4 rings (SSSR count). The first kappa shape index (κ1) is 21.9. The lowest BCUT2D eigenvalue weighted by Crippen LogP contribution is -2.56. The minimum atomic E-state index is -0.945. The predicted octanol–water partition coefficient (Wildman–Crippen LogP) is 3.77. The topological polar surface area (TPSA) is 95.9 Å². The highest BCUT2D eigenvalue weighted by Gasteiger charge is 2.41. The molecule has 0 aromatic heterocycles. The first-order valence-electron chi connectivity index (χ1n) is 11.0. The fourth-order valence-corrected chi connectivity index (χ4v) is 4.61. The molecule has 0 bridgehead atoms. The van der Waals surface area contributed by atoms with Crippen molar-refractivity contribution in [1.82, 2.24) is 10.2 Å². The van der Waals surface area contributed by atoms with Crippen molar-refractivity contribution in [3.8, 4) is 11.1 Å². The van der Waals surface area contributed by atoms with Crippen LogP contribution in [0.3, 0.4) is 0 Å². The number of nitrogens with zero attached hydrogens (tertiary/aromatic N) is 1. The van der Waals surface area contributed by atoms with E-state index in [-0.39, 0.29) is 37.8 Å². The summed E-state index contributed by atoms with van der Waals surface area (Å²) in [5.41, 5.74) is 4.02. The molecule has 2 N–H and O–H groups in total. The summed E-state index contributed by atoms with van der Waals surface area (Å²) in [5, 5.41) is 11.7. The van der Waals surface area contributed by atoms with Crippen molar-refractivity contribution in [2.75, 3.05) is 20.2 Å². The summed E-state index contributed by atoms with van der Waals surface area (Å²) in [6, 6.07) is 16.3. The molecular weight excluding hydrogens is 408 g/mol. The van der Waals surface area contributed by atoms with E-state index in [1.165, 1.54) is 16.0 Å². The van der Waals surface area contributed by atoms with Crippen molar-refractivity contribution < 1.29 is 24.2 Å². The number of hydrogen-bond acceptors (Lipinski definition) is 4. The maximum absolute atomic E-state index is 12.7. The van der Waals surface area contributed by atoms with Gasteiger partial charge in [-0.15, -0.1) is 0 Å². The van der Waals surface area contributed by atoms with Crippen molar-refractivity contribution in [2.24, 2.45) is 0 Å². The van der Waals surface area contributed by atoms with Crippen LogP contribution in [0, 0.1) is 0 Å². The quantitative estimate of drug-likeness (QED) is 0.657. The lowest BCUT2D eigenvalue weighted by Gasteiger charge is -2.42. The van der Waals surface area contributed by atoms with Gasteiger partial charge in [-0.3, -0.25) is 9.59 Å². The molecule has 2 aliphatic rings. The summed E-state index contributed by atoms with van der Waals surface area (Å²) in [6.07, 6.45) is 1.86. The molecule has 0 radical (unpaired) electrons. The summed E-state index contributed by atoms with van der Waals surface area (Å²) in [5.74, 6) is -1.14. The monoisotopic (exact) mass is 436 g/mol. The second kappa shape index (κ2) is 9.02. The van der Waals surface area contributed by atoms with Crippen LogP contribution in [0.5, 0.6) is 0 Å². The van der Waals surface area contributed by atoms with Gasteiger partial charge < -0.3 is 20.1 Å². The number of alkyl carbamates (subject to hydrolysis) is 1. The molecule has 1 fully saturated rings. The molecule has 2 aromatic rings. The van der Waals surface area contributed by atoms with Crippen molar-refractivity contribution in [1.29, 1.82) is 0 Å². The molecule has 168 valence electrons. The second-order valence-corrected chi connectivity index (χ2v) is 8.72. The van der Waals surface area contributed by atoms with E-state index in [4.69, 9.17) is 9.84 Å². The first-order chi connectivity index (χ1) is 15.4. The Kier molecular flexibility index (Phi) is 6.17. The van der Waals surface area contributed by atoms with Gasteiger partial charge in [0.15, 0.2) is 0 Å². The average Bonchev–Trinajstić information content (AvgIpc) is 3.08. The second-order valence-electron chi connectivity index (χ2n) is 8.72. The van der Waals surface area contributed by atoms with Gasteiger partial charge in [0.2, 0.25) is 5.91 Å². The summed E-state index contributed by atoms with van der Waals surface area (Å²) in [4.78, 5) is 37.3. The van der Waals surface area contributed by atoms with Crippen LogP contribution in [0.4, 0.5) is 4.79 Å². The molecule has 1 saturated carbocycles. The number of rotatable bonds is 8. The normalized spacial score (nSPS) is 15.8. The van der Waals surface area contributed by atoms with E-state index in [2.05, 4.69) is 29.6 Å². The Bertz CT molecular complexity index is 985. The molecule has 0 atom stereocenters. The smallest absolute Gasteiger partial charge is 0.407 e. The first-order valence-corrected chi connectivity index (χ1v) is 11.0. The van der Waals surface area contributed by atoms with Crippen LogP contribution in [-0.4, -0.2) is 53.7 Å². The Labute approximate surface area is 187 Å². The molecule has 2 amide bonds. The standard InChI is InChI=1S/C25H28N2O5/c1-27(14-11-23(29)30)22(28)15-25(12-6-13-25)26-24(31)32-16-21-19-9-4-2-7-17(19)18-8-3-5-10-20(18)21/h2-5,7-10,21H,6,11-16H2,1H3,(H,26,31)(H,29,30). The van der Waals surface area contributed by atoms with Crippen LogP contribution in [0.1, 0.15) is 49.1 Å². The summed E-state index contributed by atoms with van der Waals surface area (Å²) < 4.78 is 5.64. The largest absolute Gasteiger partial charge is 0.481 e. The van der Waals surface area contributed by atoms with E-state index in [9.17, 15) is 14.4 Å². The van der Waals surface area contributed by atoms with Gasteiger partial charge in [0, 0.05) is 19.5 Å². The lowest BCUT2D eigenvalue weighted by atomic mass is 9.74. The Morgan fingerprint density at radius 1 is 1.06 bits per heavy atom. The zero-order valence-corrected chi connectivity index (χ0v) is 18.2. The SMILES string of the molecule is CN(CCC(=O)O)C(=O)CC1(NC(=O)OCC2c3ccccc3-c3ccccc32)CCC1.